The highest BCUT2D eigenvalue weighted by molar-refractivity contribution is 7.89. The average Bonchev–Trinajstić information content (AvgIpc) is 2.33. The van der Waals surface area contributed by atoms with Crippen molar-refractivity contribution in [2.45, 2.75) is 50.9 Å². The van der Waals surface area contributed by atoms with Crippen LogP contribution in [0.2, 0.25) is 5.02 Å². The van der Waals surface area contributed by atoms with Gasteiger partial charge in [0.1, 0.15) is 5.25 Å². The Labute approximate surface area is 118 Å². The van der Waals surface area contributed by atoms with Crippen LogP contribution in [0.5, 0.6) is 0 Å². The fourth-order valence-electron chi connectivity index (χ4n) is 2.52. The SMILES string of the molecule is CC(C)N1[C@H](c2ccc(Cl)cc2)CC[C@H](C)[S+]1[O-]. The van der Waals surface area contributed by atoms with E-state index in [1.54, 1.807) is 0 Å². The number of benzene rings is 1. The first-order valence-corrected chi connectivity index (χ1v) is 8.00. The van der Waals surface area contributed by atoms with Crippen LogP contribution >= 0.6 is 11.6 Å². The van der Waals surface area contributed by atoms with Crippen molar-refractivity contribution in [3.63, 3.8) is 0 Å². The van der Waals surface area contributed by atoms with Crippen LogP contribution in [-0.4, -0.2) is 20.1 Å². The standard InChI is InChI=1S/C14H20ClNOS/c1-10(2)16-14(9-4-11(3)18(16)17)12-5-7-13(15)8-6-12/h5-8,10-11,14H,4,9H2,1-3H3/t11-,14-,18?/m0/s1. The molecule has 0 N–H and O–H groups in total. The number of hydrogen-bond donors (Lipinski definition) is 0. The fourth-order valence-corrected chi connectivity index (χ4v) is 4.29. The summed E-state index contributed by atoms with van der Waals surface area (Å²) in [6.45, 7) is 6.29. The summed E-state index contributed by atoms with van der Waals surface area (Å²) in [5.74, 6) is 0. The molecule has 2 nitrogen and oxygen atoms in total. The van der Waals surface area contributed by atoms with Gasteiger partial charge in [-0.2, -0.15) is 0 Å². The van der Waals surface area contributed by atoms with Crippen LogP contribution in [0.4, 0.5) is 0 Å². The van der Waals surface area contributed by atoms with Crippen LogP contribution in [0.25, 0.3) is 0 Å². The quantitative estimate of drug-likeness (QED) is 0.770. The molecule has 1 aromatic carbocycles. The molecule has 0 saturated carbocycles. The van der Waals surface area contributed by atoms with Crippen LogP contribution in [0.1, 0.15) is 45.2 Å². The van der Waals surface area contributed by atoms with Crippen molar-refractivity contribution in [3.05, 3.63) is 34.9 Å². The summed E-state index contributed by atoms with van der Waals surface area (Å²) in [5.41, 5.74) is 1.22. The molecule has 1 fully saturated rings. The molecule has 18 heavy (non-hydrogen) atoms. The summed E-state index contributed by atoms with van der Waals surface area (Å²) >= 11 is 5.04. The maximum absolute atomic E-state index is 12.4. The Morgan fingerprint density at radius 2 is 1.89 bits per heavy atom. The Kier molecular flexibility index (Phi) is 4.59. The number of hydrogen-bond acceptors (Lipinski definition) is 2. The first kappa shape index (κ1) is 14.2. The second kappa shape index (κ2) is 5.83. The first-order chi connectivity index (χ1) is 8.50. The Morgan fingerprint density at radius 3 is 2.44 bits per heavy atom. The monoisotopic (exact) mass is 285 g/mol. The van der Waals surface area contributed by atoms with Crippen LogP contribution in [0, 0.1) is 0 Å². The minimum Gasteiger partial charge on any atom is -0.598 e. The van der Waals surface area contributed by atoms with E-state index in [-0.39, 0.29) is 17.3 Å². The number of nitrogens with zero attached hydrogens (tertiary/aromatic N) is 1. The molecule has 1 heterocycles. The molecule has 0 aromatic heterocycles. The zero-order chi connectivity index (χ0) is 13.3. The molecule has 3 atom stereocenters. The highest BCUT2D eigenvalue weighted by Gasteiger charge is 2.40. The molecule has 2 rings (SSSR count). The predicted molar refractivity (Wildman–Crippen MR) is 78.0 cm³/mol. The normalized spacial score (nSPS) is 29.8. The van der Waals surface area contributed by atoms with Gasteiger partial charge in [0.25, 0.3) is 0 Å². The lowest BCUT2D eigenvalue weighted by Crippen LogP contribution is -2.47. The maximum atomic E-state index is 12.4. The minimum absolute atomic E-state index is 0.249. The van der Waals surface area contributed by atoms with E-state index in [2.05, 4.69) is 37.2 Å². The van der Waals surface area contributed by atoms with Gasteiger partial charge in [-0.25, -0.2) is 0 Å². The van der Waals surface area contributed by atoms with Gasteiger partial charge in [0.15, 0.2) is 0 Å². The Bertz CT molecular complexity index is 395. The molecule has 1 aromatic rings. The van der Waals surface area contributed by atoms with Gasteiger partial charge >= 0.3 is 0 Å². The van der Waals surface area contributed by atoms with Crippen molar-refractivity contribution < 1.29 is 4.55 Å². The number of rotatable bonds is 2. The van der Waals surface area contributed by atoms with Crippen molar-refractivity contribution in [2.75, 3.05) is 0 Å². The van der Waals surface area contributed by atoms with Gasteiger partial charge in [-0.1, -0.05) is 23.7 Å². The van der Waals surface area contributed by atoms with Gasteiger partial charge in [-0.3, -0.25) is 0 Å². The minimum atomic E-state index is -0.888. The van der Waals surface area contributed by atoms with E-state index in [9.17, 15) is 4.55 Å². The van der Waals surface area contributed by atoms with Crippen molar-refractivity contribution in [1.82, 2.24) is 4.31 Å². The van der Waals surface area contributed by atoms with Gasteiger partial charge in [0.05, 0.1) is 12.1 Å². The topological polar surface area (TPSA) is 26.3 Å². The summed E-state index contributed by atoms with van der Waals surface area (Å²) < 4.78 is 14.6. The summed E-state index contributed by atoms with van der Waals surface area (Å²) in [6.07, 6.45) is 2.08. The maximum Gasteiger partial charge on any atom is 0.133 e. The average molecular weight is 286 g/mol. The molecule has 0 bridgehead atoms. The largest absolute Gasteiger partial charge is 0.598 e. The van der Waals surface area contributed by atoms with E-state index in [4.69, 9.17) is 11.6 Å². The first-order valence-electron chi connectivity index (χ1n) is 6.45. The lowest BCUT2D eigenvalue weighted by atomic mass is 10.00. The van der Waals surface area contributed by atoms with Crippen LogP contribution < -0.4 is 0 Å². The second-order valence-electron chi connectivity index (χ2n) is 5.19. The molecule has 1 unspecified atom stereocenters. The molecular formula is C14H20ClNOS. The third-order valence-corrected chi connectivity index (χ3v) is 5.74. The smallest absolute Gasteiger partial charge is 0.133 e. The van der Waals surface area contributed by atoms with E-state index in [1.807, 2.05) is 12.1 Å². The van der Waals surface area contributed by atoms with E-state index in [0.29, 0.717) is 0 Å². The molecule has 1 aliphatic rings. The lowest BCUT2D eigenvalue weighted by Gasteiger charge is -2.41. The molecule has 0 aliphatic carbocycles. The van der Waals surface area contributed by atoms with Crippen molar-refractivity contribution in [1.29, 1.82) is 0 Å². The molecule has 0 amide bonds. The summed E-state index contributed by atoms with van der Waals surface area (Å²) in [6, 6.07) is 8.46. The zero-order valence-corrected chi connectivity index (χ0v) is 12.7. The van der Waals surface area contributed by atoms with Crippen LogP contribution in [-0.2, 0) is 11.4 Å². The summed E-state index contributed by atoms with van der Waals surface area (Å²) in [7, 11) is 0. The molecule has 0 radical (unpaired) electrons. The predicted octanol–water partition coefficient (Wildman–Crippen LogP) is 3.94. The van der Waals surface area contributed by atoms with E-state index in [1.165, 1.54) is 5.56 Å². The van der Waals surface area contributed by atoms with Crippen LogP contribution in [0.3, 0.4) is 0 Å². The van der Waals surface area contributed by atoms with Gasteiger partial charge in [0.2, 0.25) is 0 Å². The number of halogens is 1. The van der Waals surface area contributed by atoms with Gasteiger partial charge in [-0.05, 0) is 51.3 Å². The highest BCUT2D eigenvalue weighted by Crippen LogP contribution is 2.38. The molecule has 4 heteroatoms. The van der Waals surface area contributed by atoms with Crippen molar-refractivity contribution >= 4 is 23.0 Å². The summed E-state index contributed by atoms with van der Waals surface area (Å²) in [4.78, 5) is 0. The Hall–Kier alpha value is -0.220. The molecule has 0 spiro atoms. The molecular weight excluding hydrogens is 266 g/mol. The summed E-state index contributed by atoms with van der Waals surface area (Å²) in [5, 5.41) is 1.01. The van der Waals surface area contributed by atoms with Gasteiger partial charge in [0, 0.05) is 16.4 Å². The Morgan fingerprint density at radius 1 is 1.28 bits per heavy atom. The third kappa shape index (κ3) is 2.85. The molecule has 1 aliphatic heterocycles. The van der Waals surface area contributed by atoms with E-state index >= 15 is 0 Å². The van der Waals surface area contributed by atoms with Gasteiger partial charge in [-0.15, -0.1) is 4.31 Å². The molecule has 1 saturated heterocycles. The third-order valence-electron chi connectivity index (χ3n) is 3.47. The Balaban J connectivity index is 2.27. The van der Waals surface area contributed by atoms with E-state index < -0.39 is 11.4 Å². The highest BCUT2D eigenvalue weighted by atomic mass is 35.5. The van der Waals surface area contributed by atoms with Crippen molar-refractivity contribution in [3.8, 4) is 0 Å². The second-order valence-corrected chi connectivity index (χ2v) is 7.40. The van der Waals surface area contributed by atoms with Crippen molar-refractivity contribution in [2.24, 2.45) is 0 Å². The van der Waals surface area contributed by atoms with E-state index in [0.717, 1.165) is 17.9 Å². The van der Waals surface area contributed by atoms with Gasteiger partial charge < -0.3 is 4.55 Å². The zero-order valence-electron chi connectivity index (χ0n) is 11.1. The lowest BCUT2D eigenvalue weighted by molar-refractivity contribution is 0.238. The fraction of sp³-hybridized carbons (Fsp3) is 0.571. The van der Waals surface area contributed by atoms with Crippen LogP contribution in [0.15, 0.2) is 24.3 Å². The molecule has 100 valence electrons.